The van der Waals surface area contributed by atoms with Crippen molar-refractivity contribution in [2.45, 2.75) is 57.2 Å². The molecule has 1 atom stereocenters. The summed E-state index contributed by atoms with van der Waals surface area (Å²) in [4.78, 5) is 4.03. The van der Waals surface area contributed by atoms with Crippen LogP contribution in [0.1, 0.15) is 60.9 Å². The van der Waals surface area contributed by atoms with E-state index in [0.717, 1.165) is 25.7 Å². The topological polar surface area (TPSA) is 38.9 Å². The van der Waals surface area contributed by atoms with Gasteiger partial charge in [-0.3, -0.25) is 0 Å². The van der Waals surface area contributed by atoms with Crippen molar-refractivity contribution in [3.8, 4) is 0 Å². The van der Waals surface area contributed by atoms with E-state index in [4.69, 9.17) is 5.73 Å². The lowest BCUT2D eigenvalue weighted by atomic mass is 9.86. The lowest BCUT2D eigenvalue weighted by Gasteiger charge is -2.24. The average Bonchev–Trinajstić information content (AvgIpc) is 2.76. The fourth-order valence-electron chi connectivity index (χ4n) is 2.65. The lowest BCUT2D eigenvalue weighted by molar-refractivity contribution is -0.137. The summed E-state index contributed by atoms with van der Waals surface area (Å²) >= 11 is 0.692. The molecule has 2 rings (SSSR count). The second kappa shape index (κ2) is 6.22. The highest BCUT2D eigenvalue weighted by molar-refractivity contribution is 7.11. The van der Waals surface area contributed by atoms with E-state index in [2.05, 4.69) is 4.98 Å². The highest BCUT2D eigenvalue weighted by atomic mass is 32.1. The Hall–Kier alpha value is -0.620. The van der Waals surface area contributed by atoms with Gasteiger partial charge in [-0.2, -0.15) is 13.2 Å². The molecular formula is C13H19F3N2S. The van der Waals surface area contributed by atoms with E-state index in [1.54, 1.807) is 0 Å². The molecule has 0 aliphatic heterocycles. The number of thiazole rings is 1. The molecule has 1 aliphatic rings. The highest BCUT2D eigenvalue weighted by Gasteiger charge is 2.35. The molecule has 108 valence electrons. The summed E-state index contributed by atoms with van der Waals surface area (Å²) in [6.07, 6.45) is 4.91. The van der Waals surface area contributed by atoms with Crippen LogP contribution in [0.2, 0.25) is 0 Å². The van der Waals surface area contributed by atoms with Gasteiger partial charge < -0.3 is 5.73 Å². The molecule has 1 fully saturated rings. The Morgan fingerprint density at radius 2 is 1.74 bits per heavy atom. The molecule has 19 heavy (non-hydrogen) atoms. The molecule has 2 N–H and O–H groups in total. The summed E-state index contributed by atoms with van der Waals surface area (Å²) < 4.78 is 37.6. The van der Waals surface area contributed by atoms with E-state index in [0.29, 0.717) is 22.1 Å². The molecular weight excluding hydrogens is 273 g/mol. The summed E-state index contributed by atoms with van der Waals surface area (Å²) in [6, 6.07) is -0.299. The standard InChI is InChI=1S/C13H19F3N2S/c14-13(15,16)12-18-8-10(19-12)11(17)9-6-4-2-1-3-5-7-9/h8-9,11H,1-7,17H2. The van der Waals surface area contributed by atoms with Gasteiger partial charge in [0.25, 0.3) is 0 Å². The molecule has 1 saturated carbocycles. The van der Waals surface area contributed by atoms with E-state index >= 15 is 0 Å². The molecule has 1 aromatic rings. The van der Waals surface area contributed by atoms with E-state index in [-0.39, 0.29) is 6.04 Å². The van der Waals surface area contributed by atoms with Crippen LogP contribution in [0.25, 0.3) is 0 Å². The SMILES string of the molecule is NC(c1cnc(C(F)(F)F)s1)C1CCCCCCC1. The second-order valence-electron chi connectivity index (χ2n) is 5.20. The van der Waals surface area contributed by atoms with Crippen LogP contribution in [0.15, 0.2) is 6.20 Å². The number of hydrogen-bond acceptors (Lipinski definition) is 3. The molecule has 0 spiro atoms. The molecule has 1 heterocycles. The van der Waals surface area contributed by atoms with Gasteiger partial charge >= 0.3 is 6.18 Å². The maximum Gasteiger partial charge on any atom is 0.443 e. The third kappa shape index (κ3) is 3.92. The number of halogens is 3. The minimum absolute atomic E-state index is 0.293. The Morgan fingerprint density at radius 3 is 2.26 bits per heavy atom. The zero-order valence-electron chi connectivity index (χ0n) is 10.7. The van der Waals surface area contributed by atoms with E-state index in [1.807, 2.05) is 0 Å². The van der Waals surface area contributed by atoms with Gasteiger partial charge in [-0.05, 0) is 18.8 Å². The third-order valence-corrected chi connectivity index (χ3v) is 4.90. The zero-order valence-corrected chi connectivity index (χ0v) is 11.6. The fraction of sp³-hybridized carbons (Fsp3) is 0.769. The van der Waals surface area contributed by atoms with Crippen molar-refractivity contribution in [3.05, 3.63) is 16.1 Å². The number of hydrogen-bond donors (Lipinski definition) is 1. The maximum atomic E-state index is 12.5. The van der Waals surface area contributed by atoms with Crippen LogP contribution in [0, 0.1) is 5.92 Å². The normalized spacial score (nSPS) is 20.8. The third-order valence-electron chi connectivity index (χ3n) is 3.75. The monoisotopic (exact) mass is 292 g/mol. The average molecular weight is 292 g/mol. The first-order valence-electron chi connectivity index (χ1n) is 6.77. The van der Waals surface area contributed by atoms with Gasteiger partial charge in [0.1, 0.15) is 0 Å². The number of alkyl halides is 3. The second-order valence-corrected chi connectivity index (χ2v) is 6.26. The molecule has 6 heteroatoms. The molecule has 1 aromatic heterocycles. The first-order valence-corrected chi connectivity index (χ1v) is 7.58. The Morgan fingerprint density at radius 1 is 1.16 bits per heavy atom. The van der Waals surface area contributed by atoms with E-state index in [9.17, 15) is 13.2 Å². The Bertz CT molecular complexity index is 395. The van der Waals surface area contributed by atoms with Crippen LogP contribution in [0.3, 0.4) is 0 Å². The number of rotatable bonds is 2. The molecule has 1 aliphatic carbocycles. The van der Waals surface area contributed by atoms with Crippen LogP contribution in [-0.4, -0.2) is 4.98 Å². The predicted octanol–water partition coefficient (Wildman–Crippen LogP) is 4.52. The molecule has 0 radical (unpaired) electrons. The van der Waals surface area contributed by atoms with Crippen molar-refractivity contribution in [2.75, 3.05) is 0 Å². The minimum atomic E-state index is -4.36. The molecule has 0 bridgehead atoms. The molecule has 0 amide bonds. The molecule has 1 unspecified atom stereocenters. The number of nitrogens with two attached hydrogens (primary N) is 1. The summed E-state index contributed by atoms with van der Waals surface area (Å²) in [5, 5.41) is -0.788. The summed E-state index contributed by atoms with van der Waals surface area (Å²) in [7, 11) is 0. The van der Waals surface area contributed by atoms with Gasteiger partial charge in [0, 0.05) is 17.1 Å². The summed E-state index contributed by atoms with van der Waals surface area (Å²) in [6.45, 7) is 0. The Balaban J connectivity index is 2.05. The predicted molar refractivity (Wildman–Crippen MR) is 69.9 cm³/mol. The summed E-state index contributed by atoms with van der Waals surface area (Å²) in [5.74, 6) is 0.293. The van der Waals surface area contributed by atoms with Gasteiger partial charge in [-0.15, -0.1) is 11.3 Å². The molecule has 2 nitrogen and oxygen atoms in total. The minimum Gasteiger partial charge on any atom is -0.323 e. The fourth-order valence-corrected chi connectivity index (χ4v) is 3.53. The largest absolute Gasteiger partial charge is 0.443 e. The molecule has 0 saturated heterocycles. The van der Waals surface area contributed by atoms with Crippen LogP contribution in [0.5, 0.6) is 0 Å². The number of nitrogens with zero attached hydrogens (tertiary/aromatic N) is 1. The van der Waals surface area contributed by atoms with Gasteiger partial charge in [-0.25, -0.2) is 4.98 Å². The van der Waals surface area contributed by atoms with E-state index in [1.165, 1.54) is 25.5 Å². The number of aromatic nitrogens is 1. The van der Waals surface area contributed by atoms with Crippen LogP contribution in [-0.2, 0) is 6.18 Å². The molecule has 0 aromatic carbocycles. The van der Waals surface area contributed by atoms with Gasteiger partial charge in [0.2, 0.25) is 0 Å². The van der Waals surface area contributed by atoms with Gasteiger partial charge in [0.15, 0.2) is 5.01 Å². The smallest absolute Gasteiger partial charge is 0.323 e. The van der Waals surface area contributed by atoms with Crippen molar-refractivity contribution >= 4 is 11.3 Å². The van der Waals surface area contributed by atoms with Gasteiger partial charge in [0.05, 0.1) is 0 Å². The van der Waals surface area contributed by atoms with Crippen molar-refractivity contribution < 1.29 is 13.2 Å². The van der Waals surface area contributed by atoms with E-state index < -0.39 is 11.2 Å². The highest BCUT2D eigenvalue weighted by Crippen LogP contribution is 2.38. The first-order chi connectivity index (χ1) is 8.98. The van der Waals surface area contributed by atoms with Crippen LogP contribution < -0.4 is 5.73 Å². The lowest BCUT2D eigenvalue weighted by Crippen LogP contribution is -2.21. The first kappa shape index (κ1) is 14.8. The van der Waals surface area contributed by atoms with Crippen LogP contribution >= 0.6 is 11.3 Å². The zero-order chi connectivity index (χ0) is 13.9. The quantitative estimate of drug-likeness (QED) is 0.870. The van der Waals surface area contributed by atoms with Crippen molar-refractivity contribution in [3.63, 3.8) is 0 Å². The van der Waals surface area contributed by atoms with Gasteiger partial charge in [-0.1, -0.05) is 32.1 Å². The Kier molecular flexibility index (Phi) is 4.84. The maximum absolute atomic E-state index is 12.5. The Labute approximate surface area is 115 Å². The summed E-state index contributed by atoms with van der Waals surface area (Å²) in [5.41, 5.74) is 6.15. The van der Waals surface area contributed by atoms with Crippen LogP contribution in [0.4, 0.5) is 13.2 Å². The van der Waals surface area contributed by atoms with Crippen molar-refractivity contribution in [2.24, 2.45) is 11.7 Å². The van der Waals surface area contributed by atoms with Crippen molar-refractivity contribution in [1.29, 1.82) is 0 Å². The van der Waals surface area contributed by atoms with Crippen molar-refractivity contribution in [1.82, 2.24) is 4.98 Å².